The second kappa shape index (κ2) is 14.6. The lowest BCUT2D eigenvalue weighted by Crippen LogP contribution is -2.43. The molecule has 2 atom stereocenters. The highest BCUT2D eigenvalue weighted by Crippen LogP contribution is 2.38. The Kier molecular flexibility index (Phi) is 10.8. The quantitative estimate of drug-likeness (QED) is 0.178. The van der Waals surface area contributed by atoms with Crippen LogP contribution in [0.3, 0.4) is 0 Å². The number of nitrogens with one attached hydrogen (secondary N) is 1. The molecular formula is C33H41N5O7. The Balaban J connectivity index is 1.44. The summed E-state index contributed by atoms with van der Waals surface area (Å²) in [5.74, 6) is -3.95. The molecule has 2 aliphatic rings. The first-order valence-electron chi connectivity index (χ1n) is 15.6. The van der Waals surface area contributed by atoms with Crippen LogP contribution in [0, 0.1) is 5.92 Å². The van der Waals surface area contributed by atoms with Crippen LogP contribution >= 0.6 is 0 Å². The number of rotatable bonds is 17. The third-order valence-electron chi connectivity index (χ3n) is 8.55. The van der Waals surface area contributed by atoms with Crippen LogP contribution in [0.2, 0.25) is 0 Å². The highest BCUT2D eigenvalue weighted by molar-refractivity contribution is 6.33. The Hall–Kier alpha value is -4.45. The van der Waals surface area contributed by atoms with E-state index in [2.05, 4.69) is 5.32 Å². The van der Waals surface area contributed by atoms with Gasteiger partial charge in [-0.15, -0.1) is 0 Å². The second-order valence-electron chi connectivity index (χ2n) is 11.8. The van der Waals surface area contributed by atoms with E-state index in [4.69, 9.17) is 11.5 Å². The third kappa shape index (κ3) is 6.95. The first-order valence-corrected chi connectivity index (χ1v) is 15.6. The van der Waals surface area contributed by atoms with Crippen molar-refractivity contribution >= 4 is 52.0 Å². The fourth-order valence-corrected chi connectivity index (χ4v) is 6.14. The van der Waals surface area contributed by atoms with Crippen LogP contribution < -0.4 is 16.8 Å². The number of carbonyl (C=O) groups excluding carboxylic acids is 7. The van der Waals surface area contributed by atoms with E-state index in [0.717, 1.165) is 11.3 Å². The zero-order valence-electron chi connectivity index (χ0n) is 25.9. The summed E-state index contributed by atoms with van der Waals surface area (Å²) < 4.78 is 0. The van der Waals surface area contributed by atoms with Gasteiger partial charge in [0.2, 0.25) is 11.8 Å². The minimum atomic E-state index is -0.764. The number of nitrogens with zero attached hydrogens (tertiary/aromatic N) is 2. The van der Waals surface area contributed by atoms with E-state index >= 15 is 0 Å². The molecule has 0 bridgehead atoms. The number of nitrogens with two attached hydrogens (primary N) is 2. The maximum absolute atomic E-state index is 13.5. The van der Waals surface area contributed by atoms with Gasteiger partial charge in [0.15, 0.2) is 5.78 Å². The van der Waals surface area contributed by atoms with Crippen molar-refractivity contribution in [3.8, 4) is 0 Å². The van der Waals surface area contributed by atoms with E-state index in [1.54, 1.807) is 12.1 Å². The number of benzene rings is 2. The lowest BCUT2D eigenvalue weighted by molar-refractivity contribution is -0.130. The topological polar surface area (TPSA) is 190 Å². The molecule has 0 fully saturated rings. The van der Waals surface area contributed by atoms with Crippen molar-refractivity contribution in [3.63, 3.8) is 0 Å². The summed E-state index contributed by atoms with van der Waals surface area (Å²) >= 11 is 0. The lowest BCUT2D eigenvalue weighted by atomic mass is 9.85. The molecule has 2 aromatic carbocycles. The molecule has 45 heavy (non-hydrogen) atoms. The molecular weight excluding hydrogens is 578 g/mol. The highest BCUT2D eigenvalue weighted by atomic mass is 16.2. The molecule has 5 N–H and O–H groups in total. The zero-order chi connectivity index (χ0) is 32.8. The monoisotopic (exact) mass is 619 g/mol. The van der Waals surface area contributed by atoms with Gasteiger partial charge in [0.25, 0.3) is 23.6 Å². The van der Waals surface area contributed by atoms with Crippen LogP contribution in [0.25, 0.3) is 10.8 Å². The molecule has 0 aromatic heterocycles. The molecule has 0 saturated carbocycles. The van der Waals surface area contributed by atoms with Gasteiger partial charge in [0, 0.05) is 65.4 Å². The Bertz CT molecular complexity index is 1480. The molecule has 6 amide bonds. The number of hydrogen-bond acceptors (Lipinski definition) is 8. The average Bonchev–Trinajstić information content (AvgIpc) is 3.00. The summed E-state index contributed by atoms with van der Waals surface area (Å²) in [5, 5.41) is 3.30. The van der Waals surface area contributed by atoms with Gasteiger partial charge in [-0.2, -0.15) is 0 Å². The molecule has 2 aromatic rings. The maximum atomic E-state index is 13.5. The van der Waals surface area contributed by atoms with Crippen molar-refractivity contribution in [1.29, 1.82) is 0 Å². The van der Waals surface area contributed by atoms with Gasteiger partial charge in [-0.3, -0.25) is 43.4 Å². The van der Waals surface area contributed by atoms with Gasteiger partial charge in [-0.05, 0) is 69.3 Å². The summed E-state index contributed by atoms with van der Waals surface area (Å²) in [7, 11) is 0. The highest BCUT2D eigenvalue weighted by Gasteiger charge is 2.39. The van der Waals surface area contributed by atoms with Gasteiger partial charge in [-0.1, -0.05) is 19.8 Å². The molecule has 0 saturated heterocycles. The number of Topliss-reactive ketones (excluding diaryl/α,β-unsaturated/α-hetero) is 1. The van der Waals surface area contributed by atoms with Crippen molar-refractivity contribution in [2.45, 2.75) is 77.7 Å². The van der Waals surface area contributed by atoms with Gasteiger partial charge in [-0.25, -0.2) is 0 Å². The van der Waals surface area contributed by atoms with Crippen molar-refractivity contribution in [3.05, 3.63) is 46.5 Å². The van der Waals surface area contributed by atoms with E-state index in [-0.39, 0.29) is 42.2 Å². The summed E-state index contributed by atoms with van der Waals surface area (Å²) in [6.07, 6.45) is 4.15. The normalized spacial score (nSPS) is 15.4. The Morgan fingerprint density at radius 2 is 1.20 bits per heavy atom. The predicted molar refractivity (Wildman–Crippen MR) is 166 cm³/mol. The van der Waals surface area contributed by atoms with Crippen molar-refractivity contribution < 1.29 is 33.6 Å². The van der Waals surface area contributed by atoms with Crippen LogP contribution in [0.4, 0.5) is 0 Å². The molecule has 0 radical (unpaired) electrons. The second-order valence-corrected chi connectivity index (χ2v) is 11.8. The van der Waals surface area contributed by atoms with Crippen molar-refractivity contribution in [1.82, 2.24) is 15.1 Å². The molecule has 0 aliphatic carbocycles. The molecule has 2 heterocycles. The van der Waals surface area contributed by atoms with Crippen molar-refractivity contribution in [2.24, 2.45) is 17.4 Å². The number of ketones is 1. The summed E-state index contributed by atoms with van der Waals surface area (Å²) in [4.78, 5) is 92.6. The van der Waals surface area contributed by atoms with E-state index in [1.807, 2.05) is 6.92 Å². The van der Waals surface area contributed by atoms with Crippen LogP contribution in [0.15, 0.2) is 24.3 Å². The fourth-order valence-electron chi connectivity index (χ4n) is 6.14. The van der Waals surface area contributed by atoms with Crippen LogP contribution in [-0.4, -0.2) is 76.7 Å². The van der Waals surface area contributed by atoms with Crippen LogP contribution in [-0.2, 0) is 14.4 Å². The molecule has 4 rings (SSSR count). The molecule has 2 aliphatic heterocycles. The van der Waals surface area contributed by atoms with Gasteiger partial charge >= 0.3 is 0 Å². The lowest BCUT2D eigenvalue weighted by Gasteiger charge is -2.32. The Morgan fingerprint density at radius 3 is 1.62 bits per heavy atom. The SMILES string of the molecule is CCCCN1C(=O)c2ccc3c4c(ccc(c24)C1=O)C(=O)N(CCCCC(CC(=O)C(CCCCN)NC(C)=O)C(N)=O)C3=O. The zero-order valence-corrected chi connectivity index (χ0v) is 25.9. The smallest absolute Gasteiger partial charge is 0.261 e. The van der Waals surface area contributed by atoms with Gasteiger partial charge in [0.05, 0.1) is 6.04 Å². The molecule has 2 unspecified atom stereocenters. The number of amides is 6. The minimum absolute atomic E-state index is 0.0673. The molecule has 0 spiro atoms. The van der Waals surface area contributed by atoms with Crippen LogP contribution in [0.1, 0.15) is 113 Å². The van der Waals surface area contributed by atoms with E-state index in [0.29, 0.717) is 73.5 Å². The van der Waals surface area contributed by atoms with Crippen molar-refractivity contribution in [2.75, 3.05) is 19.6 Å². The maximum Gasteiger partial charge on any atom is 0.261 e. The molecule has 12 heteroatoms. The van der Waals surface area contributed by atoms with Gasteiger partial charge in [0.1, 0.15) is 0 Å². The summed E-state index contributed by atoms with van der Waals surface area (Å²) in [6.45, 7) is 4.12. The number of primary amides is 1. The van der Waals surface area contributed by atoms with E-state index in [9.17, 15) is 33.6 Å². The van der Waals surface area contributed by atoms with Crippen LogP contribution in [0.5, 0.6) is 0 Å². The first kappa shape index (κ1) is 33.4. The minimum Gasteiger partial charge on any atom is -0.369 e. The Labute approximate surface area is 261 Å². The first-order chi connectivity index (χ1) is 21.5. The van der Waals surface area contributed by atoms with E-state index in [1.165, 1.54) is 24.0 Å². The number of hydrogen-bond donors (Lipinski definition) is 3. The Morgan fingerprint density at radius 1 is 0.733 bits per heavy atom. The predicted octanol–water partition coefficient (Wildman–Crippen LogP) is 2.70. The van der Waals surface area contributed by atoms with E-state index < -0.39 is 41.5 Å². The van der Waals surface area contributed by atoms with Gasteiger partial charge < -0.3 is 16.8 Å². The third-order valence-corrected chi connectivity index (χ3v) is 8.55. The molecule has 12 nitrogen and oxygen atoms in total. The number of imide groups is 2. The standard InChI is InChI=1S/C33H41N5O7/c1-3-4-16-37-30(42)21-11-13-23-28-24(14-12-22(27(21)28)31(37)43)33(45)38(32(23)44)17-8-6-9-20(29(35)41)18-26(40)25(36-19(2)39)10-5-7-15-34/h11-14,20,25H,3-10,15-18,34H2,1-2H3,(H2,35,41)(H,36,39). The number of unbranched alkanes of at least 4 members (excludes halogenated alkanes) is 3. The largest absolute Gasteiger partial charge is 0.369 e. The fraction of sp³-hybridized carbons (Fsp3) is 0.485. The summed E-state index contributed by atoms with van der Waals surface area (Å²) in [6, 6.07) is 5.43. The summed E-state index contributed by atoms with van der Waals surface area (Å²) in [5.41, 5.74) is 12.2. The number of carbonyl (C=O) groups is 7. The average molecular weight is 620 g/mol. The molecule has 240 valence electrons.